The van der Waals surface area contributed by atoms with Gasteiger partial charge < -0.3 is 10.4 Å². The number of piperidine rings is 1. The van der Waals surface area contributed by atoms with Gasteiger partial charge in [0.2, 0.25) is 0 Å². The van der Waals surface area contributed by atoms with Gasteiger partial charge in [-0.05, 0) is 46.1 Å². The molecule has 0 amide bonds. The van der Waals surface area contributed by atoms with Gasteiger partial charge in [-0.25, -0.2) is 0 Å². The summed E-state index contributed by atoms with van der Waals surface area (Å²) in [5.41, 5.74) is 0. The second-order valence-corrected chi connectivity index (χ2v) is 5.44. The smallest absolute Gasteiger partial charge is 0.0553 e. The van der Waals surface area contributed by atoms with Gasteiger partial charge in [0, 0.05) is 25.2 Å². The van der Waals surface area contributed by atoms with Crippen molar-refractivity contribution in [3.63, 3.8) is 0 Å². The molecule has 96 valence electrons. The molecule has 1 saturated heterocycles. The standard InChI is InChI=1S/C13H28N2O/c1-5-6-14-13-7-12(11(4)16)8-15(9-13)10(2)3/h10-14,16H,5-9H2,1-4H3. The predicted molar refractivity (Wildman–Crippen MR) is 68.6 cm³/mol. The minimum absolute atomic E-state index is 0.188. The average Bonchev–Trinajstić information content (AvgIpc) is 2.25. The van der Waals surface area contributed by atoms with Gasteiger partial charge in [-0.1, -0.05) is 6.92 Å². The molecule has 0 aromatic carbocycles. The Morgan fingerprint density at radius 3 is 2.50 bits per heavy atom. The SMILES string of the molecule is CCCNC1CC(C(C)O)CN(C(C)C)C1. The maximum absolute atomic E-state index is 9.77. The fourth-order valence-corrected chi connectivity index (χ4v) is 2.44. The molecular formula is C13H28N2O. The van der Waals surface area contributed by atoms with Crippen LogP contribution in [0.25, 0.3) is 0 Å². The van der Waals surface area contributed by atoms with E-state index in [2.05, 4.69) is 31.0 Å². The van der Waals surface area contributed by atoms with Gasteiger partial charge in [0.1, 0.15) is 0 Å². The van der Waals surface area contributed by atoms with Crippen LogP contribution in [0.15, 0.2) is 0 Å². The Balaban J connectivity index is 2.52. The Kier molecular flexibility index (Phi) is 5.73. The van der Waals surface area contributed by atoms with Crippen LogP contribution in [0.2, 0.25) is 0 Å². The lowest BCUT2D eigenvalue weighted by Crippen LogP contribution is -2.53. The lowest BCUT2D eigenvalue weighted by Gasteiger charge is -2.41. The van der Waals surface area contributed by atoms with Gasteiger partial charge >= 0.3 is 0 Å². The lowest BCUT2D eigenvalue weighted by atomic mass is 9.89. The van der Waals surface area contributed by atoms with E-state index in [-0.39, 0.29) is 6.10 Å². The molecule has 0 aromatic heterocycles. The highest BCUT2D eigenvalue weighted by Gasteiger charge is 2.30. The molecule has 1 rings (SSSR count). The van der Waals surface area contributed by atoms with Gasteiger partial charge in [-0.3, -0.25) is 4.90 Å². The summed E-state index contributed by atoms with van der Waals surface area (Å²) < 4.78 is 0. The molecule has 2 N–H and O–H groups in total. The minimum Gasteiger partial charge on any atom is -0.393 e. The number of nitrogens with one attached hydrogen (secondary N) is 1. The molecule has 1 aliphatic rings. The molecule has 1 fully saturated rings. The highest BCUT2D eigenvalue weighted by atomic mass is 16.3. The number of hydrogen-bond acceptors (Lipinski definition) is 3. The summed E-state index contributed by atoms with van der Waals surface area (Å²) in [6, 6.07) is 1.13. The van der Waals surface area contributed by atoms with E-state index in [9.17, 15) is 5.11 Å². The topological polar surface area (TPSA) is 35.5 Å². The second kappa shape index (κ2) is 6.58. The first-order valence-electron chi connectivity index (χ1n) is 6.70. The molecule has 16 heavy (non-hydrogen) atoms. The number of likely N-dealkylation sites (tertiary alicyclic amines) is 1. The van der Waals surface area contributed by atoms with Crippen LogP contribution < -0.4 is 5.32 Å². The molecule has 3 nitrogen and oxygen atoms in total. The van der Waals surface area contributed by atoms with E-state index in [0.29, 0.717) is 18.0 Å². The zero-order valence-electron chi connectivity index (χ0n) is 11.2. The fraction of sp³-hybridized carbons (Fsp3) is 1.00. The molecule has 0 spiro atoms. The Hall–Kier alpha value is -0.120. The molecule has 3 unspecified atom stereocenters. The van der Waals surface area contributed by atoms with Crippen molar-refractivity contribution in [1.29, 1.82) is 0 Å². The van der Waals surface area contributed by atoms with Crippen molar-refractivity contribution in [3.8, 4) is 0 Å². The van der Waals surface area contributed by atoms with Crippen LogP contribution in [0, 0.1) is 5.92 Å². The Labute approximate surface area is 100 Å². The summed E-state index contributed by atoms with van der Waals surface area (Å²) in [7, 11) is 0. The second-order valence-electron chi connectivity index (χ2n) is 5.44. The summed E-state index contributed by atoms with van der Waals surface area (Å²) in [5.74, 6) is 0.422. The molecule has 1 heterocycles. The monoisotopic (exact) mass is 228 g/mol. The fourth-order valence-electron chi connectivity index (χ4n) is 2.44. The third-order valence-corrected chi connectivity index (χ3v) is 3.61. The highest BCUT2D eigenvalue weighted by molar-refractivity contribution is 4.86. The van der Waals surface area contributed by atoms with Crippen LogP contribution in [0.5, 0.6) is 0 Å². The number of nitrogens with zero attached hydrogens (tertiary/aromatic N) is 1. The molecule has 0 saturated carbocycles. The molecule has 0 aromatic rings. The summed E-state index contributed by atoms with van der Waals surface area (Å²) in [6.07, 6.45) is 2.10. The van der Waals surface area contributed by atoms with Crippen molar-refractivity contribution in [2.45, 2.75) is 58.7 Å². The molecule has 0 bridgehead atoms. The van der Waals surface area contributed by atoms with Gasteiger partial charge in [0.15, 0.2) is 0 Å². The maximum Gasteiger partial charge on any atom is 0.0553 e. The molecule has 0 radical (unpaired) electrons. The van der Waals surface area contributed by atoms with Crippen LogP contribution in [0.4, 0.5) is 0 Å². The minimum atomic E-state index is -0.188. The molecule has 3 atom stereocenters. The quantitative estimate of drug-likeness (QED) is 0.748. The Morgan fingerprint density at radius 1 is 1.31 bits per heavy atom. The summed E-state index contributed by atoms with van der Waals surface area (Å²) in [5, 5.41) is 13.4. The van der Waals surface area contributed by atoms with Gasteiger partial charge in [0.25, 0.3) is 0 Å². The van der Waals surface area contributed by atoms with Crippen molar-refractivity contribution >= 4 is 0 Å². The average molecular weight is 228 g/mol. The summed E-state index contributed by atoms with van der Waals surface area (Å²) >= 11 is 0. The predicted octanol–water partition coefficient (Wildman–Crippen LogP) is 1.47. The molecule has 1 aliphatic heterocycles. The van der Waals surface area contributed by atoms with Crippen LogP contribution in [-0.4, -0.2) is 47.8 Å². The number of hydrogen-bond donors (Lipinski definition) is 2. The van der Waals surface area contributed by atoms with Crippen LogP contribution in [0.3, 0.4) is 0 Å². The summed E-state index contributed by atoms with van der Waals surface area (Å²) in [6.45, 7) is 11.8. The zero-order chi connectivity index (χ0) is 12.1. The lowest BCUT2D eigenvalue weighted by molar-refractivity contribution is 0.0357. The van der Waals surface area contributed by atoms with E-state index in [1.165, 1.54) is 6.42 Å². The van der Waals surface area contributed by atoms with Crippen LogP contribution in [-0.2, 0) is 0 Å². The number of aliphatic hydroxyl groups excluding tert-OH is 1. The van der Waals surface area contributed by atoms with Crippen molar-refractivity contribution in [1.82, 2.24) is 10.2 Å². The van der Waals surface area contributed by atoms with Crippen molar-refractivity contribution < 1.29 is 5.11 Å². The van der Waals surface area contributed by atoms with Crippen molar-refractivity contribution in [2.24, 2.45) is 5.92 Å². The summed E-state index contributed by atoms with van der Waals surface area (Å²) in [4.78, 5) is 2.48. The first-order valence-corrected chi connectivity index (χ1v) is 6.70. The van der Waals surface area contributed by atoms with E-state index >= 15 is 0 Å². The van der Waals surface area contributed by atoms with Crippen LogP contribution >= 0.6 is 0 Å². The van der Waals surface area contributed by atoms with Gasteiger partial charge in [-0.2, -0.15) is 0 Å². The molecule has 3 heteroatoms. The number of aliphatic hydroxyl groups is 1. The third kappa shape index (κ3) is 4.04. The highest BCUT2D eigenvalue weighted by Crippen LogP contribution is 2.21. The number of rotatable bonds is 5. The largest absolute Gasteiger partial charge is 0.393 e. The first-order chi connectivity index (χ1) is 7.54. The zero-order valence-corrected chi connectivity index (χ0v) is 11.2. The Bertz CT molecular complexity index is 178. The third-order valence-electron chi connectivity index (χ3n) is 3.61. The van der Waals surface area contributed by atoms with E-state index in [4.69, 9.17) is 0 Å². The normalized spacial score (nSPS) is 29.6. The van der Waals surface area contributed by atoms with E-state index in [1.54, 1.807) is 0 Å². The molecule has 0 aliphatic carbocycles. The molecular weight excluding hydrogens is 200 g/mol. The van der Waals surface area contributed by atoms with Gasteiger partial charge in [0.05, 0.1) is 6.10 Å². The van der Waals surface area contributed by atoms with Crippen LogP contribution in [0.1, 0.15) is 40.5 Å². The maximum atomic E-state index is 9.77. The van der Waals surface area contributed by atoms with Crippen molar-refractivity contribution in [3.05, 3.63) is 0 Å². The van der Waals surface area contributed by atoms with E-state index in [1.807, 2.05) is 6.92 Å². The van der Waals surface area contributed by atoms with Crippen molar-refractivity contribution in [2.75, 3.05) is 19.6 Å². The van der Waals surface area contributed by atoms with E-state index < -0.39 is 0 Å². The first kappa shape index (κ1) is 13.9. The Morgan fingerprint density at radius 2 is 2.00 bits per heavy atom. The van der Waals surface area contributed by atoms with E-state index in [0.717, 1.165) is 26.1 Å². The van der Waals surface area contributed by atoms with Gasteiger partial charge in [-0.15, -0.1) is 0 Å².